The van der Waals surface area contributed by atoms with Crippen molar-refractivity contribution in [3.63, 3.8) is 0 Å². The molecule has 1 rings (SSSR count). The van der Waals surface area contributed by atoms with Crippen LogP contribution in [0.15, 0.2) is 29.2 Å². The monoisotopic (exact) mass is 320 g/mol. The number of sulfonamides is 1. The van der Waals surface area contributed by atoms with Gasteiger partial charge in [-0.3, -0.25) is 0 Å². The van der Waals surface area contributed by atoms with Gasteiger partial charge in [0.25, 0.3) is 0 Å². The number of hydrogen-bond donors (Lipinski definition) is 2. The topological polar surface area (TPSA) is 58.2 Å². The van der Waals surface area contributed by atoms with E-state index in [2.05, 4.69) is 30.8 Å². The molecule has 0 aliphatic heterocycles. The van der Waals surface area contributed by atoms with Crippen molar-refractivity contribution in [3.8, 4) is 0 Å². The van der Waals surface area contributed by atoms with E-state index in [0.717, 1.165) is 18.5 Å². The Kier molecular flexibility index (Phi) is 7.73. The molecule has 4 nitrogen and oxygen atoms in total. The number of halogens is 1. The number of rotatable bonds is 6. The summed E-state index contributed by atoms with van der Waals surface area (Å²) in [5, 5.41) is 2.98. The maximum Gasteiger partial charge on any atom is 0.240 e. The second kappa shape index (κ2) is 7.98. The first-order chi connectivity index (χ1) is 8.77. The summed E-state index contributed by atoms with van der Waals surface area (Å²) in [5.74, 6) is 0. The van der Waals surface area contributed by atoms with Gasteiger partial charge in [-0.2, -0.15) is 0 Å². The van der Waals surface area contributed by atoms with Crippen LogP contribution in [0, 0.1) is 0 Å². The van der Waals surface area contributed by atoms with Crippen LogP contribution in [-0.4, -0.2) is 28.6 Å². The van der Waals surface area contributed by atoms with Crippen LogP contribution in [0.5, 0.6) is 0 Å². The maximum atomic E-state index is 12.0. The van der Waals surface area contributed by atoms with Crippen molar-refractivity contribution in [1.29, 1.82) is 0 Å². The Bertz CT molecular complexity index is 493. The third-order valence-electron chi connectivity index (χ3n) is 2.93. The van der Waals surface area contributed by atoms with Crippen molar-refractivity contribution in [3.05, 3.63) is 29.8 Å². The summed E-state index contributed by atoms with van der Waals surface area (Å²) in [6, 6.07) is 7.09. The third kappa shape index (κ3) is 5.79. The smallest absolute Gasteiger partial charge is 0.240 e. The summed E-state index contributed by atoms with van der Waals surface area (Å²) in [7, 11) is -1.53. The quantitative estimate of drug-likeness (QED) is 0.791. The SMILES string of the molecule is CNCCCNS(=O)(=O)c1ccc(C(C)(C)C)cc1.Cl. The van der Waals surface area contributed by atoms with E-state index in [1.54, 1.807) is 12.1 Å². The highest BCUT2D eigenvalue weighted by molar-refractivity contribution is 7.89. The largest absolute Gasteiger partial charge is 0.320 e. The fourth-order valence-electron chi connectivity index (χ4n) is 1.69. The molecular weight excluding hydrogens is 296 g/mol. The molecule has 0 saturated carbocycles. The Labute approximate surface area is 128 Å². The number of hydrogen-bond acceptors (Lipinski definition) is 3. The van der Waals surface area contributed by atoms with E-state index in [-0.39, 0.29) is 17.8 Å². The van der Waals surface area contributed by atoms with Crippen LogP contribution in [0.3, 0.4) is 0 Å². The highest BCUT2D eigenvalue weighted by Crippen LogP contribution is 2.23. The van der Waals surface area contributed by atoms with Crippen LogP contribution in [0.4, 0.5) is 0 Å². The van der Waals surface area contributed by atoms with Crippen molar-refractivity contribution in [2.45, 2.75) is 37.5 Å². The molecule has 1 aromatic rings. The Hall–Kier alpha value is -0.620. The summed E-state index contributed by atoms with van der Waals surface area (Å²) in [5.41, 5.74) is 1.16. The van der Waals surface area contributed by atoms with Crippen LogP contribution < -0.4 is 10.0 Å². The van der Waals surface area contributed by atoms with E-state index in [0.29, 0.717) is 11.4 Å². The minimum atomic E-state index is -3.38. The van der Waals surface area contributed by atoms with Gasteiger partial charge < -0.3 is 5.32 Å². The Balaban J connectivity index is 0.00000361. The van der Waals surface area contributed by atoms with E-state index in [9.17, 15) is 8.42 Å². The molecule has 20 heavy (non-hydrogen) atoms. The van der Waals surface area contributed by atoms with Crippen LogP contribution in [0.1, 0.15) is 32.8 Å². The molecule has 116 valence electrons. The lowest BCUT2D eigenvalue weighted by molar-refractivity contribution is 0.575. The molecule has 0 radical (unpaired) electrons. The van der Waals surface area contributed by atoms with Gasteiger partial charge in [-0.25, -0.2) is 13.1 Å². The normalized spacial score (nSPS) is 12.0. The van der Waals surface area contributed by atoms with Crippen molar-refractivity contribution in [2.24, 2.45) is 0 Å². The second-order valence-corrected chi connectivity index (χ2v) is 7.40. The van der Waals surface area contributed by atoms with Crippen molar-refractivity contribution < 1.29 is 8.42 Å². The fourth-order valence-corrected chi connectivity index (χ4v) is 2.76. The third-order valence-corrected chi connectivity index (χ3v) is 4.40. The molecule has 0 bridgehead atoms. The summed E-state index contributed by atoms with van der Waals surface area (Å²) in [4.78, 5) is 0.324. The highest BCUT2D eigenvalue weighted by Gasteiger charge is 2.16. The average Bonchev–Trinajstić information content (AvgIpc) is 2.34. The summed E-state index contributed by atoms with van der Waals surface area (Å²) >= 11 is 0. The molecule has 0 aliphatic carbocycles. The summed E-state index contributed by atoms with van der Waals surface area (Å²) in [6.45, 7) is 7.56. The van der Waals surface area contributed by atoms with Crippen molar-refractivity contribution in [2.75, 3.05) is 20.1 Å². The zero-order valence-electron chi connectivity index (χ0n) is 12.6. The van der Waals surface area contributed by atoms with Crippen LogP contribution in [0.2, 0.25) is 0 Å². The summed E-state index contributed by atoms with van der Waals surface area (Å²) in [6.07, 6.45) is 0.774. The van der Waals surface area contributed by atoms with Gasteiger partial charge in [0.1, 0.15) is 0 Å². The van der Waals surface area contributed by atoms with Gasteiger partial charge in [0, 0.05) is 6.54 Å². The molecule has 6 heteroatoms. The van der Waals surface area contributed by atoms with Gasteiger partial charge in [0.05, 0.1) is 4.90 Å². The highest BCUT2D eigenvalue weighted by atomic mass is 35.5. The Morgan fingerprint density at radius 2 is 1.60 bits per heavy atom. The molecule has 0 amide bonds. The minimum Gasteiger partial charge on any atom is -0.320 e. The van der Waals surface area contributed by atoms with Crippen LogP contribution >= 0.6 is 12.4 Å². The predicted molar refractivity (Wildman–Crippen MR) is 86.1 cm³/mol. The Morgan fingerprint density at radius 1 is 1.05 bits per heavy atom. The van der Waals surface area contributed by atoms with Crippen molar-refractivity contribution >= 4 is 22.4 Å². The molecular formula is C14H25ClN2O2S. The molecule has 0 atom stereocenters. The average molecular weight is 321 g/mol. The maximum absolute atomic E-state index is 12.0. The van der Waals surface area contributed by atoms with E-state index in [4.69, 9.17) is 0 Å². The van der Waals surface area contributed by atoms with Crippen LogP contribution in [0.25, 0.3) is 0 Å². The molecule has 0 aliphatic rings. The Morgan fingerprint density at radius 3 is 2.05 bits per heavy atom. The molecule has 0 aromatic heterocycles. The summed E-state index contributed by atoms with van der Waals surface area (Å²) < 4.78 is 26.7. The number of nitrogens with one attached hydrogen (secondary N) is 2. The van der Waals surface area contributed by atoms with E-state index in [1.165, 1.54) is 0 Å². The second-order valence-electron chi connectivity index (χ2n) is 5.63. The van der Waals surface area contributed by atoms with Gasteiger partial charge in [0.2, 0.25) is 10.0 Å². The van der Waals surface area contributed by atoms with Gasteiger partial charge in [-0.1, -0.05) is 32.9 Å². The van der Waals surface area contributed by atoms with Gasteiger partial charge in [0.15, 0.2) is 0 Å². The predicted octanol–water partition coefficient (Wildman–Crippen LogP) is 2.29. The first kappa shape index (κ1) is 19.4. The van der Waals surface area contributed by atoms with Gasteiger partial charge in [-0.15, -0.1) is 12.4 Å². The van der Waals surface area contributed by atoms with Gasteiger partial charge >= 0.3 is 0 Å². The lowest BCUT2D eigenvalue weighted by Gasteiger charge is -2.19. The first-order valence-corrected chi connectivity index (χ1v) is 8.00. The zero-order valence-corrected chi connectivity index (χ0v) is 14.2. The molecule has 0 saturated heterocycles. The zero-order chi connectivity index (χ0) is 14.5. The molecule has 0 fully saturated rings. The van der Waals surface area contributed by atoms with Crippen LogP contribution in [-0.2, 0) is 15.4 Å². The van der Waals surface area contributed by atoms with E-state index >= 15 is 0 Å². The van der Waals surface area contributed by atoms with Gasteiger partial charge in [-0.05, 0) is 43.1 Å². The molecule has 0 spiro atoms. The molecule has 1 aromatic carbocycles. The van der Waals surface area contributed by atoms with Crippen molar-refractivity contribution in [1.82, 2.24) is 10.0 Å². The molecule has 0 heterocycles. The standard InChI is InChI=1S/C14H24N2O2S.ClH/c1-14(2,3)12-6-8-13(9-7-12)19(17,18)16-11-5-10-15-4;/h6-9,15-16H,5,10-11H2,1-4H3;1H. The lowest BCUT2D eigenvalue weighted by Crippen LogP contribution is -2.27. The molecule has 2 N–H and O–H groups in total. The van der Waals surface area contributed by atoms with E-state index < -0.39 is 10.0 Å². The minimum absolute atomic E-state index is 0. The molecule has 0 unspecified atom stereocenters. The number of benzene rings is 1. The fraction of sp³-hybridized carbons (Fsp3) is 0.571. The van der Waals surface area contributed by atoms with E-state index in [1.807, 2.05) is 19.2 Å². The lowest BCUT2D eigenvalue weighted by atomic mass is 9.87. The first-order valence-electron chi connectivity index (χ1n) is 6.52.